The Kier molecular flexibility index (Phi) is 3.59. The normalized spacial score (nSPS) is 29.6. The minimum absolute atomic E-state index is 0.224. The van der Waals surface area contributed by atoms with E-state index in [1.165, 1.54) is 11.3 Å². The summed E-state index contributed by atoms with van der Waals surface area (Å²) in [4.78, 5) is 0. The van der Waals surface area contributed by atoms with E-state index in [1.807, 2.05) is 0 Å². The highest BCUT2D eigenvalue weighted by Gasteiger charge is 2.40. The molecule has 0 spiro atoms. The first-order chi connectivity index (χ1) is 8.79. The summed E-state index contributed by atoms with van der Waals surface area (Å²) in [6.45, 7) is 1.11. The van der Waals surface area contributed by atoms with Crippen LogP contribution in [-0.2, 0) is 4.74 Å². The van der Waals surface area contributed by atoms with Gasteiger partial charge in [-0.05, 0) is 37.5 Å². The first-order valence-corrected chi connectivity index (χ1v) is 7.37. The molecule has 2 aliphatic rings. The second-order valence-electron chi connectivity index (χ2n) is 5.09. The van der Waals surface area contributed by atoms with Crippen LogP contribution in [-0.4, -0.2) is 24.4 Å². The second kappa shape index (κ2) is 5.19. The number of ether oxygens (including phenoxy) is 1. The fourth-order valence-corrected chi connectivity index (χ4v) is 3.52. The molecule has 1 saturated heterocycles. The summed E-state index contributed by atoms with van der Waals surface area (Å²) < 4.78 is 7.03. The van der Waals surface area contributed by atoms with Crippen molar-refractivity contribution in [1.82, 2.24) is 0 Å². The van der Waals surface area contributed by atoms with Gasteiger partial charge in [0, 0.05) is 40.9 Å². The van der Waals surface area contributed by atoms with Gasteiger partial charge in [-0.3, -0.25) is 0 Å². The van der Waals surface area contributed by atoms with Crippen LogP contribution in [0.4, 0.5) is 5.69 Å². The Morgan fingerprint density at radius 2 is 2.33 bits per heavy atom. The molecular formula is C14H18BrNO2. The Morgan fingerprint density at radius 1 is 1.44 bits per heavy atom. The molecule has 1 aromatic carbocycles. The molecule has 2 heterocycles. The molecule has 0 amide bonds. The fraction of sp³-hybridized carbons (Fsp3) is 0.571. The van der Waals surface area contributed by atoms with E-state index in [0.29, 0.717) is 12.0 Å². The lowest BCUT2D eigenvalue weighted by atomic mass is 9.82. The third kappa shape index (κ3) is 2.17. The predicted octanol–water partition coefficient (Wildman–Crippen LogP) is 3.09. The van der Waals surface area contributed by atoms with Gasteiger partial charge in [-0.25, -0.2) is 0 Å². The first-order valence-electron chi connectivity index (χ1n) is 6.58. The number of aliphatic hydroxyl groups excluding tert-OH is 1. The number of benzene rings is 1. The van der Waals surface area contributed by atoms with Crippen LogP contribution in [0.1, 0.15) is 30.9 Å². The molecule has 0 aromatic heterocycles. The highest BCUT2D eigenvalue weighted by atomic mass is 79.9. The van der Waals surface area contributed by atoms with E-state index in [9.17, 15) is 0 Å². The average molecular weight is 312 g/mol. The van der Waals surface area contributed by atoms with Gasteiger partial charge in [0.2, 0.25) is 0 Å². The summed E-state index contributed by atoms with van der Waals surface area (Å²) in [5, 5.41) is 12.6. The minimum Gasteiger partial charge on any atom is -0.396 e. The molecule has 0 aliphatic carbocycles. The number of hydrogen-bond acceptors (Lipinski definition) is 3. The SMILES string of the molecule is OCCC[C@@H]1Nc2ccc(Br)cc2[C@H]2OCC[C@@H]12. The molecule has 98 valence electrons. The zero-order chi connectivity index (χ0) is 12.5. The van der Waals surface area contributed by atoms with E-state index in [-0.39, 0.29) is 12.7 Å². The van der Waals surface area contributed by atoms with Crippen LogP contribution in [0.15, 0.2) is 22.7 Å². The smallest absolute Gasteiger partial charge is 0.0893 e. The van der Waals surface area contributed by atoms with E-state index in [1.54, 1.807) is 0 Å². The fourth-order valence-electron chi connectivity index (χ4n) is 3.14. The van der Waals surface area contributed by atoms with Crippen LogP contribution in [0.25, 0.3) is 0 Å². The highest BCUT2D eigenvalue weighted by Crippen LogP contribution is 2.46. The van der Waals surface area contributed by atoms with Crippen LogP contribution in [0, 0.1) is 5.92 Å². The maximum absolute atomic E-state index is 9.00. The number of rotatable bonds is 3. The van der Waals surface area contributed by atoms with E-state index in [2.05, 4.69) is 39.4 Å². The predicted molar refractivity (Wildman–Crippen MR) is 74.7 cm³/mol. The molecule has 0 saturated carbocycles. The monoisotopic (exact) mass is 311 g/mol. The summed E-state index contributed by atoms with van der Waals surface area (Å²) in [5.74, 6) is 0.540. The Morgan fingerprint density at radius 3 is 3.17 bits per heavy atom. The number of halogens is 1. The van der Waals surface area contributed by atoms with Gasteiger partial charge < -0.3 is 15.2 Å². The van der Waals surface area contributed by atoms with Gasteiger partial charge in [0.1, 0.15) is 0 Å². The van der Waals surface area contributed by atoms with Gasteiger partial charge in [0.25, 0.3) is 0 Å². The lowest BCUT2D eigenvalue weighted by molar-refractivity contribution is 0.0813. The number of fused-ring (bicyclic) bond motifs is 3. The molecule has 1 fully saturated rings. The summed E-state index contributed by atoms with van der Waals surface area (Å²) >= 11 is 3.53. The standard InChI is InChI=1S/C14H18BrNO2/c15-9-3-4-13-11(8-9)14-10(5-7-18-14)12(16-13)2-1-6-17/h3-4,8,10,12,14,16-17H,1-2,5-7H2/t10-,12-,14-/m0/s1. The summed E-state index contributed by atoms with van der Waals surface area (Å²) in [7, 11) is 0. The molecule has 3 nitrogen and oxygen atoms in total. The molecule has 3 rings (SSSR count). The number of nitrogens with one attached hydrogen (secondary N) is 1. The van der Waals surface area contributed by atoms with Crippen LogP contribution in [0.5, 0.6) is 0 Å². The molecule has 0 radical (unpaired) electrons. The molecule has 2 aliphatic heterocycles. The van der Waals surface area contributed by atoms with E-state index in [0.717, 1.165) is 30.3 Å². The Balaban J connectivity index is 1.89. The van der Waals surface area contributed by atoms with Crippen LogP contribution in [0.2, 0.25) is 0 Å². The molecular weight excluding hydrogens is 294 g/mol. The van der Waals surface area contributed by atoms with Gasteiger partial charge in [-0.2, -0.15) is 0 Å². The molecule has 4 heteroatoms. The maximum atomic E-state index is 9.00. The number of aliphatic hydroxyl groups is 1. The molecule has 3 atom stereocenters. The third-order valence-corrected chi connectivity index (χ3v) is 4.48. The van der Waals surface area contributed by atoms with Crippen LogP contribution < -0.4 is 5.32 Å². The summed E-state index contributed by atoms with van der Waals surface area (Å²) in [5.41, 5.74) is 2.46. The van der Waals surface area contributed by atoms with Gasteiger partial charge in [0.15, 0.2) is 0 Å². The first kappa shape index (κ1) is 12.5. The van der Waals surface area contributed by atoms with Crippen LogP contribution >= 0.6 is 15.9 Å². The van der Waals surface area contributed by atoms with Crippen molar-refractivity contribution in [3.05, 3.63) is 28.2 Å². The highest BCUT2D eigenvalue weighted by molar-refractivity contribution is 9.10. The topological polar surface area (TPSA) is 41.5 Å². The Bertz CT molecular complexity index is 438. The van der Waals surface area contributed by atoms with E-state index < -0.39 is 0 Å². The third-order valence-electron chi connectivity index (χ3n) is 3.99. The number of anilines is 1. The molecule has 0 unspecified atom stereocenters. The summed E-state index contributed by atoms with van der Waals surface area (Å²) in [6.07, 6.45) is 3.20. The quantitative estimate of drug-likeness (QED) is 0.901. The molecule has 2 N–H and O–H groups in total. The lowest BCUT2D eigenvalue weighted by Gasteiger charge is -2.36. The largest absolute Gasteiger partial charge is 0.396 e. The Hall–Kier alpha value is -0.580. The van der Waals surface area contributed by atoms with Crippen molar-refractivity contribution >= 4 is 21.6 Å². The van der Waals surface area contributed by atoms with Gasteiger partial charge in [0.05, 0.1) is 6.10 Å². The van der Waals surface area contributed by atoms with Gasteiger partial charge >= 0.3 is 0 Å². The summed E-state index contributed by atoms with van der Waals surface area (Å²) in [6, 6.07) is 6.76. The zero-order valence-electron chi connectivity index (χ0n) is 10.2. The lowest BCUT2D eigenvalue weighted by Crippen LogP contribution is -2.36. The zero-order valence-corrected chi connectivity index (χ0v) is 11.8. The number of hydrogen-bond donors (Lipinski definition) is 2. The van der Waals surface area contributed by atoms with Crippen molar-refractivity contribution in [2.45, 2.75) is 31.4 Å². The van der Waals surface area contributed by atoms with Crippen LogP contribution in [0.3, 0.4) is 0 Å². The maximum Gasteiger partial charge on any atom is 0.0893 e. The van der Waals surface area contributed by atoms with E-state index >= 15 is 0 Å². The molecule has 1 aromatic rings. The molecule has 0 bridgehead atoms. The van der Waals surface area contributed by atoms with Crippen molar-refractivity contribution in [2.75, 3.05) is 18.5 Å². The molecule has 18 heavy (non-hydrogen) atoms. The van der Waals surface area contributed by atoms with Crippen molar-refractivity contribution in [3.8, 4) is 0 Å². The van der Waals surface area contributed by atoms with Gasteiger partial charge in [-0.1, -0.05) is 15.9 Å². The minimum atomic E-state index is 0.224. The van der Waals surface area contributed by atoms with Crippen molar-refractivity contribution in [3.63, 3.8) is 0 Å². The van der Waals surface area contributed by atoms with E-state index in [4.69, 9.17) is 9.84 Å². The Labute approximate surface area is 116 Å². The second-order valence-corrected chi connectivity index (χ2v) is 6.01. The van der Waals surface area contributed by atoms with Crippen molar-refractivity contribution in [1.29, 1.82) is 0 Å². The average Bonchev–Trinajstić information content (AvgIpc) is 2.86. The van der Waals surface area contributed by atoms with Gasteiger partial charge in [-0.15, -0.1) is 0 Å². The van der Waals surface area contributed by atoms with Crippen molar-refractivity contribution in [2.24, 2.45) is 5.92 Å². The van der Waals surface area contributed by atoms with Crippen molar-refractivity contribution < 1.29 is 9.84 Å².